The molecule has 1 heterocycles. The van der Waals surface area contributed by atoms with Gasteiger partial charge in [-0.3, -0.25) is 9.59 Å². The van der Waals surface area contributed by atoms with E-state index in [1.54, 1.807) is 11.6 Å². The Hall–Kier alpha value is -2.49. The molecule has 0 spiro atoms. The molecule has 0 saturated carbocycles. The second kappa shape index (κ2) is 7.86. The lowest BCUT2D eigenvalue weighted by molar-refractivity contribution is -0.118. The average Bonchev–Trinajstić information content (AvgIpc) is 2.87. The number of carbonyl (C=O) groups excluding carboxylic acids is 2. The van der Waals surface area contributed by atoms with Gasteiger partial charge in [-0.05, 0) is 12.1 Å². The van der Waals surface area contributed by atoms with E-state index < -0.39 is 29.1 Å². The predicted octanol–water partition coefficient (Wildman–Crippen LogP) is 1.24. The number of nitrogens with one attached hydrogen (secondary N) is 1. The Morgan fingerprint density at radius 1 is 1.29 bits per heavy atom. The standard InChI is InChI=1S/C14H15F2N5O2S/c1-21-11(6-5-10(17)22)19-20-14(21)24-7-12(23)18-13-8(15)3-2-4-9(13)16/h2-4H,5-7H2,1H3,(H2,17,22)(H,18,23). The van der Waals surface area contributed by atoms with Crippen LogP contribution in [0.2, 0.25) is 0 Å². The molecule has 1 aromatic heterocycles. The number of para-hydroxylation sites is 1. The van der Waals surface area contributed by atoms with Crippen LogP contribution in [0.25, 0.3) is 0 Å². The number of rotatable bonds is 7. The third-order valence-corrected chi connectivity index (χ3v) is 4.10. The SMILES string of the molecule is Cn1c(CCC(N)=O)nnc1SCC(=O)Nc1c(F)cccc1F. The highest BCUT2D eigenvalue weighted by atomic mass is 32.2. The lowest BCUT2D eigenvalue weighted by Gasteiger charge is -2.07. The normalized spacial score (nSPS) is 10.6. The zero-order valence-electron chi connectivity index (χ0n) is 12.8. The van der Waals surface area contributed by atoms with Crippen LogP contribution in [0.5, 0.6) is 0 Å². The van der Waals surface area contributed by atoms with Crippen LogP contribution in [-0.2, 0) is 23.1 Å². The number of amides is 2. The number of anilines is 1. The lowest BCUT2D eigenvalue weighted by Crippen LogP contribution is -2.16. The maximum atomic E-state index is 13.5. The lowest BCUT2D eigenvalue weighted by atomic mass is 10.3. The average molecular weight is 355 g/mol. The molecule has 24 heavy (non-hydrogen) atoms. The minimum Gasteiger partial charge on any atom is -0.370 e. The fourth-order valence-electron chi connectivity index (χ4n) is 1.85. The molecule has 2 amide bonds. The third kappa shape index (κ3) is 4.51. The quantitative estimate of drug-likeness (QED) is 0.728. The number of carbonyl (C=O) groups is 2. The van der Waals surface area contributed by atoms with Crippen molar-refractivity contribution in [3.8, 4) is 0 Å². The number of aryl methyl sites for hydroxylation is 1. The zero-order valence-corrected chi connectivity index (χ0v) is 13.6. The van der Waals surface area contributed by atoms with Crippen molar-refractivity contribution < 1.29 is 18.4 Å². The van der Waals surface area contributed by atoms with Crippen molar-refractivity contribution in [2.75, 3.05) is 11.1 Å². The molecular weight excluding hydrogens is 340 g/mol. The maximum absolute atomic E-state index is 13.5. The molecule has 0 aliphatic carbocycles. The van der Waals surface area contributed by atoms with Gasteiger partial charge in [0.25, 0.3) is 0 Å². The zero-order chi connectivity index (χ0) is 17.7. The molecule has 0 atom stereocenters. The monoisotopic (exact) mass is 355 g/mol. The van der Waals surface area contributed by atoms with Crippen LogP contribution in [0.1, 0.15) is 12.2 Å². The fraction of sp³-hybridized carbons (Fsp3) is 0.286. The fourth-order valence-corrected chi connectivity index (χ4v) is 2.58. The molecule has 2 aromatic rings. The Bertz CT molecular complexity index is 745. The summed E-state index contributed by atoms with van der Waals surface area (Å²) in [6.07, 6.45) is 0.482. The molecular formula is C14H15F2N5O2S. The van der Waals surface area contributed by atoms with Gasteiger partial charge in [0.2, 0.25) is 11.8 Å². The van der Waals surface area contributed by atoms with E-state index in [1.807, 2.05) is 0 Å². The van der Waals surface area contributed by atoms with Gasteiger partial charge < -0.3 is 15.6 Å². The van der Waals surface area contributed by atoms with Crippen LogP contribution in [0.3, 0.4) is 0 Å². The molecule has 128 valence electrons. The van der Waals surface area contributed by atoms with Crippen molar-refractivity contribution in [3.05, 3.63) is 35.7 Å². The number of nitrogens with zero attached hydrogens (tertiary/aromatic N) is 3. The van der Waals surface area contributed by atoms with Crippen molar-refractivity contribution >= 4 is 29.3 Å². The first kappa shape index (κ1) is 17.9. The largest absolute Gasteiger partial charge is 0.370 e. The first-order valence-corrected chi connectivity index (χ1v) is 7.90. The molecule has 2 rings (SSSR count). The highest BCUT2D eigenvalue weighted by Gasteiger charge is 2.15. The highest BCUT2D eigenvalue weighted by Crippen LogP contribution is 2.20. The molecule has 10 heteroatoms. The minimum absolute atomic E-state index is 0.102. The Kier molecular flexibility index (Phi) is 5.85. The van der Waals surface area contributed by atoms with E-state index >= 15 is 0 Å². The van der Waals surface area contributed by atoms with Crippen molar-refractivity contribution in [3.63, 3.8) is 0 Å². The molecule has 0 aliphatic heterocycles. The van der Waals surface area contributed by atoms with Gasteiger partial charge in [-0.15, -0.1) is 10.2 Å². The number of halogens is 2. The number of benzene rings is 1. The Morgan fingerprint density at radius 2 is 1.96 bits per heavy atom. The van der Waals surface area contributed by atoms with Gasteiger partial charge in [-0.1, -0.05) is 17.8 Å². The second-order valence-electron chi connectivity index (χ2n) is 4.86. The van der Waals surface area contributed by atoms with Crippen LogP contribution >= 0.6 is 11.8 Å². The van der Waals surface area contributed by atoms with Gasteiger partial charge >= 0.3 is 0 Å². The Balaban J connectivity index is 1.93. The smallest absolute Gasteiger partial charge is 0.235 e. The van der Waals surface area contributed by atoms with Gasteiger partial charge in [0.05, 0.1) is 5.75 Å². The summed E-state index contributed by atoms with van der Waals surface area (Å²) < 4.78 is 28.6. The highest BCUT2D eigenvalue weighted by molar-refractivity contribution is 7.99. The van der Waals surface area contributed by atoms with Crippen LogP contribution in [-0.4, -0.2) is 32.3 Å². The van der Waals surface area contributed by atoms with Crippen molar-refractivity contribution in [1.29, 1.82) is 0 Å². The van der Waals surface area contributed by atoms with Crippen molar-refractivity contribution in [1.82, 2.24) is 14.8 Å². The maximum Gasteiger partial charge on any atom is 0.235 e. The van der Waals surface area contributed by atoms with Crippen LogP contribution in [0, 0.1) is 11.6 Å². The minimum atomic E-state index is -0.847. The molecule has 0 saturated heterocycles. The van der Waals surface area contributed by atoms with E-state index in [0.29, 0.717) is 17.4 Å². The molecule has 0 radical (unpaired) electrons. The summed E-state index contributed by atoms with van der Waals surface area (Å²) in [6.45, 7) is 0. The van der Waals surface area contributed by atoms with Crippen molar-refractivity contribution in [2.24, 2.45) is 12.8 Å². The summed E-state index contributed by atoms with van der Waals surface area (Å²) in [5, 5.41) is 10.4. The molecule has 0 bridgehead atoms. The summed E-state index contributed by atoms with van der Waals surface area (Å²) in [5.41, 5.74) is 4.59. The Labute approximate surface area is 140 Å². The number of aromatic nitrogens is 3. The topological polar surface area (TPSA) is 103 Å². The number of thioether (sulfide) groups is 1. The summed E-state index contributed by atoms with van der Waals surface area (Å²) >= 11 is 1.06. The van der Waals surface area contributed by atoms with Gasteiger partial charge in [0.15, 0.2) is 5.16 Å². The Morgan fingerprint density at radius 3 is 2.58 bits per heavy atom. The predicted molar refractivity (Wildman–Crippen MR) is 84.2 cm³/mol. The molecule has 0 aliphatic rings. The van der Waals surface area contributed by atoms with Crippen LogP contribution < -0.4 is 11.1 Å². The molecule has 0 unspecified atom stereocenters. The third-order valence-electron chi connectivity index (χ3n) is 3.08. The first-order chi connectivity index (χ1) is 11.4. The van der Waals surface area contributed by atoms with E-state index in [2.05, 4.69) is 15.5 Å². The van der Waals surface area contributed by atoms with E-state index in [0.717, 1.165) is 23.9 Å². The number of primary amides is 1. The summed E-state index contributed by atoms with van der Waals surface area (Å²) in [6, 6.07) is 3.32. The molecule has 3 N–H and O–H groups in total. The summed E-state index contributed by atoms with van der Waals surface area (Å²) in [5.74, 6) is -2.27. The molecule has 7 nitrogen and oxygen atoms in total. The second-order valence-corrected chi connectivity index (χ2v) is 5.80. The molecule has 1 aromatic carbocycles. The first-order valence-electron chi connectivity index (χ1n) is 6.91. The van der Waals surface area contributed by atoms with Crippen LogP contribution in [0.15, 0.2) is 23.4 Å². The summed E-state index contributed by atoms with van der Waals surface area (Å²) in [4.78, 5) is 22.6. The van der Waals surface area contributed by atoms with Gasteiger partial charge in [-0.2, -0.15) is 0 Å². The van der Waals surface area contributed by atoms with E-state index in [-0.39, 0.29) is 12.2 Å². The van der Waals surface area contributed by atoms with E-state index in [9.17, 15) is 18.4 Å². The summed E-state index contributed by atoms with van der Waals surface area (Å²) in [7, 11) is 1.69. The van der Waals surface area contributed by atoms with E-state index in [1.165, 1.54) is 6.07 Å². The van der Waals surface area contributed by atoms with E-state index in [4.69, 9.17) is 5.73 Å². The van der Waals surface area contributed by atoms with Gasteiger partial charge in [0.1, 0.15) is 23.1 Å². The van der Waals surface area contributed by atoms with Gasteiger partial charge in [-0.25, -0.2) is 8.78 Å². The van der Waals surface area contributed by atoms with Crippen molar-refractivity contribution in [2.45, 2.75) is 18.0 Å². The molecule has 0 fully saturated rings. The number of hydrogen-bond donors (Lipinski definition) is 2. The number of hydrogen-bond acceptors (Lipinski definition) is 5. The van der Waals surface area contributed by atoms with Crippen LogP contribution in [0.4, 0.5) is 14.5 Å². The van der Waals surface area contributed by atoms with Gasteiger partial charge in [0, 0.05) is 19.9 Å². The number of nitrogens with two attached hydrogens (primary N) is 1.